The molecule has 0 spiro atoms. The van der Waals surface area contributed by atoms with Crippen molar-refractivity contribution in [3.63, 3.8) is 0 Å². The molecule has 2 aliphatic rings. The fraction of sp³-hybridized carbons (Fsp3) is 0.500. The molecule has 1 atom stereocenters. The lowest BCUT2D eigenvalue weighted by Gasteiger charge is -2.38. The number of hydrogen-bond acceptors (Lipinski definition) is 7. The summed E-state index contributed by atoms with van der Waals surface area (Å²) in [4.78, 5) is 16.3. The molecule has 7 heteroatoms. The summed E-state index contributed by atoms with van der Waals surface area (Å²) in [7, 11) is 2.13. The van der Waals surface area contributed by atoms with E-state index in [4.69, 9.17) is 15.0 Å². The molecule has 0 aliphatic carbocycles. The third-order valence-corrected chi connectivity index (χ3v) is 5.77. The smallest absolute Gasteiger partial charge is 0.227 e. The second kappa shape index (κ2) is 9.21. The third-order valence-electron chi connectivity index (χ3n) is 5.77. The molecular formula is C22H28N6O. The molecule has 4 rings (SSSR count). The average molecular weight is 393 g/mol. The second-order valence-corrected chi connectivity index (χ2v) is 7.77. The minimum Gasteiger partial charge on any atom is -0.378 e. The minimum atomic E-state index is 0.412. The van der Waals surface area contributed by atoms with Crippen LogP contribution in [0.4, 0.5) is 11.8 Å². The third kappa shape index (κ3) is 4.84. The van der Waals surface area contributed by atoms with Crippen molar-refractivity contribution in [2.24, 2.45) is 0 Å². The standard InChI is InChI=1S/C22H28N6O/c1-26(21-7-8-24-22(25-21)28-10-12-29-13-11-28)20-6-3-9-27(17-20)16-19-5-2-4-18(14-19)15-23/h2,4-5,7-8,14,20H,3,6,9-13,16-17H2,1H3. The fourth-order valence-corrected chi connectivity index (χ4v) is 4.13. The molecule has 2 aliphatic heterocycles. The minimum absolute atomic E-state index is 0.412. The lowest BCUT2D eigenvalue weighted by Crippen LogP contribution is -2.46. The maximum atomic E-state index is 9.13. The van der Waals surface area contributed by atoms with Gasteiger partial charge in [0.15, 0.2) is 0 Å². The van der Waals surface area contributed by atoms with Crippen LogP contribution in [0.5, 0.6) is 0 Å². The lowest BCUT2D eigenvalue weighted by molar-refractivity contribution is 0.122. The molecule has 0 amide bonds. The number of nitriles is 1. The molecule has 0 bridgehead atoms. The van der Waals surface area contributed by atoms with Crippen molar-refractivity contribution in [2.75, 3.05) is 56.2 Å². The van der Waals surface area contributed by atoms with Crippen LogP contribution in [-0.4, -0.2) is 67.4 Å². The zero-order valence-electron chi connectivity index (χ0n) is 17.0. The van der Waals surface area contributed by atoms with E-state index in [2.05, 4.69) is 38.9 Å². The van der Waals surface area contributed by atoms with E-state index in [9.17, 15) is 0 Å². The summed E-state index contributed by atoms with van der Waals surface area (Å²) in [6.07, 6.45) is 4.17. The molecule has 0 saturated carbocycles. The Balaban J connectivity index is 1.42. The molecule has 2 aromatic rings. The number of hydrogen-bond donors (Lipinski definition) is 0. The molecule has 29 heavy (non-hydrogen) atoms. The van der Waals surface area contributed by atoms with Crippen molar-refractivity contribution >= 4 is 11.8 Å². The first-order valence-electron chi connectivity index (χ1n) is 10.3. The second-order valence-electron chi connectivity index (χ2n) is 7.77. The maximum absolute atomic E-state index is 9.13. The van der Waals surface area contributed by atoms with E-state index in [1.807, 2.05) is 30.5 Å². The summed E-state index contributed by atoms with van der Waals surface area (Å²) in [5.41, 5.74) is 1.92. The Hall–Kier alpha value is -2.69. The number of piperidine rings is 1. The number of benzene rings is 1. The molecule has 1 aromatic carbocycles. The number of anilines is 2. The van der Waals surface area contributed by atoms with Gasteiger partial charge in [0.25, 0.3) is 0 Å². The van der Waals surface area contributed by atoms with Gasteiger partial charge in [-0.05, 0) is 43.1 Å². The monoisotopic (exact) mass is 392 g/mol. The zero-order chi connectivity index (χ0) is 20.1. The predicted molar refractivity (Wildman–Crippen MR) is 113 cm³/mol. The van der Waals surface area contributed by atoms with Crippen LogP contribution in [0.25, 0.3) is 0 Å². The van der Waals surface area contributed by atoms with Gasteiger partial charge >= 0.3 is 0 Å². The molecular weight excluding hydrogens is 364 g/mol. The normalized spacial score (nSPS) is 20.3. The van der Waals surface area contributed by atoms with Gasteiger partial charge in [0, 0.05) is 45.5 Å². The van der Waals surface area contributed by atoms with E-state index in [1.165, 1.54) is 5.56 Å². The molecule has 0 radical (unpaired) electrons. The number of likely N-dealkylation sites (tertiary alicyclic amines) is 1. The highest BCUT2D eigenvalue weighted by Gasteiger charge is 2.25. The number of nitrogens with zero attached hydrogens (tertiary/aromatic N) is 6. The van der Waals surface area contributed by atoms with Gasteiger partial charge in [0.05, 0.1) is 24.8 Å². The first-order chi connectivity index (χ1) is 14.2. The van der Waals surface area contributed by atoms with Crippen LogP contribution in [0, 0.1) is 11.3 Å². The Morgan fingerprint density at radius 3 is 2.93 bits per heavy atom. The van der Waals surface area contributed by atoms with E-state index in [-0.39, 0.29) is 0 Å². The van der Waals surface area contributed by atoms with E-state index < -0.39 is 0 Å². The number of ether oxygens (including phenoxy) is 1. The highest BCUT2D eigenvalue weighted by atomic mass is 16.5. The van der Waals surface area contributed by atoms with Crippen molar-refractivity contribution < 1.29 is 4.74 Å². The van der Waals surface area contributed by atoms with Gasteiger partial charge < -0.3 is 14.5 Å². The number of aromatic nitrogens is 2. The van der Waals surface area contributed by atoms with E-state index in [1.54, 1.807) is 0 Å². The first kappa shape index (κ1) is 19.6. The van der Waals surface area contributed by atoms with Crippen LogP contribution in [0.1, 0.15) is 24.0 Å². The van der Waals surface area contributed by atoms with Gasteiger partial charge in [-0.3, -0.25) is 4.90 Å². The summed E-state index contributed by atoms with van der Waals surface area (Å²) in [6, 6.07) is 12.6. The van der Waals surface area contributed by atoms with Gasteiger partial charge in [-0.25, -0.2) is 4.98 Å². The SMILES string of the molecule is CN(c1ccnc(N2CCOCC2)n1)C1CCCN(Cc2cccc(C#N)c2)C1. The van der Waals surface area contributed by atoms with Crippen molar-refractivity contribution in [2.45, 2.75) is 25.4 Å². The zero-order valence-corrected chi connectivity index (χ0v) is 17.0. The largest absolute Gasteiger partial charge is 0.378 e. The molecule has 152 valence electrons. The van der Waals surface area contributed by atoms with Crippen LogP contribution in [0.3, 0.4) is 0 Å². The van der Waals surface area contributed by atoms with Crippen LogP contribution < -0.4 is 9.80 Å². The maximum Gasteiger partial charge on any atom is 0.227 e. The van der Waals surface area contributed by atoms with Crippen LogP contribution in [0.15, 0.2) is 36.5 Å². The number of morpholine rings is 1. The van der Waals surface area contributed by atoms with Gasteiger partial charge in [0.2, 0.25) is 5.95 Å². The van der Waals surface area contributed by atoms with Crippen molar-refractivity contribution in [3.8, 4) is 6.07 Å². The van der Waals surface area contributed by atoms with Crippen molar-refractivity contribution in [3.05, 3.63) is 47.7 Å². The van der Waals surface area contributed by atoms with Crippen LogP contribution in [0.2, 0.25) is 0 Å². The number of rotatable bonds is 5. The summed E-state index contributed by atoms with van der Waals surface area (Å²) < 4.78 is 5.44. The van der Waals surface area contributed by atoms with Crippen molar-refractivity contribution in [1.29, 1.82) is 5.26 Å². The molecule has 3 heterocycles. The van der Waals surface area contributed by atoms with Crippen LogP contribution >= 0.6 is 0 Å². The predicted octanol–water partition coefficient (Wildman–Crippen LogP) is 2.29. The average Bonchev–Trinajstić information content (AvgIpc) is 2.79. The molecule has 2 fully saturated rings. The Kier molecular flexibility index (Phi) is 6.23. The summed E-state index contributed by atoms with van der Waals surface area (Å²) in [5, 5.41) is 9.13. The fourth-order valence-electron chi connectivity index (χ4n) is 4.13. The van der Waals surface area contributed by atoms with Gasteiger partial charge in [0.1, 0.15) is 5.82 Å². The van der Waals surface area contributed by atoms with Gasteiger partial charge in [-0.15, -0.1) is 0 Å². The highest BCUT2D eigenvalue weighted by Crippen LogP contribution is 2.23. The van der Waals surface area contributed by atoms with Crippen molar-refractivity contribution in [1.82, 2.24) is 14.9 Å². The molecule has 7 nitrogen and oxygen atoms in total. The Bertz CT molecular complexity index is 860. The van der Waals surface area contributed by atoms with Crippen LogP contribution in [-0.2, 0) is 11.3 Å². The summed E-state index contributed by atoms with van der Waals surface area (Å²) in [6.45, 7) is 6.09. The topological polar surface area (TPSA) is 68.5 Å². The summed E-state index contributed by atoms with van der Waals surface area (Å²) in [5.74, 6) is 1.76. The Morgan fingerprint density at radius 1 is 1.24 bits per heavy atom. The van der Waals surface area contributed by atoms with E-state index in [0.29, 0.717) is 6.04 Å². The van der Waals surface area contributed by atoms with Gasteiger partial charge in [-0.1, -0.05) is 12.1 Å². The van der Waals surface area contributed by atoms with Gasteiger partial charge in [-0.2, -0.15) is 10.2 Å². The number of likely N-dealkylation sites (N-methyl/N-ethyl adjacent to an activating group) is 1. The van der Waals surface area contributed by atoms with E-state index in [0.717, 1.165) is 76.1 Å². The van der Waals surface area contributed by atoms with E-state index >= 15 is 0 Å². The molecule has 0 N–H and O–H groups in total. The quantitative estimate of drug-likeness (QED) is 0.773. The summed E-state index contributed by atoms with van der Waals surface area (Å²) >= 11 is 0. The highest BCUT2D eigenvalue weighted by molar-refractivity contribution is 5.44. The Labute approximate surface area is 172 Å². The Morgan fingerprint density at radius 2 is 2.10 bits per heavy atom. The molecule has 1 aromatic heterocycles. The first-order valence-corrected chi connectivity index (χ1v) is 10.3. The molecule has 2 saturated heterocycles. The lowest BCUT2D eigenvalue weighted by atomic mass is 10.0. The molecule has 1 unspecified atom stereocenters.